The Morgan fingerprint density at radius 2 is 1.68 bits per heavy atom. The maximum atomic E-state index is 5.89. The summed E-state index contributed by atoms with van der Waals surface area (Å²) in [5.41, 5.74) is 4.64. The molecule has 0 amide bonds. The van der Waals surface area contributed by atoms with E-state index in [9.17, 15) is 0 Å². The number of ether oxygens (including phenoxy) is 3. The SMILES string of the molecule is CN/N=C/c1cc(OC)c(OCc2ccccc2)c(OC)c1. The van der Waals surface area contributed by atoms with Gasteiger partial charge in [-0.3, -0.25) is 0 Å². The first kappa shape index (κ1) is 15.7. The van der Waals surface area contributed by atoms with Crippen molar-refractivity contribution < 1.29 is 14.2 Å². The lowest BCUT2D eigenvalue weighted by atomic mass is 10.2. The Balaban J connectivity index is 2.26. The number of methoxy groups -OCH3 is 2. The molecule has 0 radical (unpaired) electrons. The Morgan fingerprint density at radius 1 is 1.05 bits per heavy atom. The lowest BCUT2D eigenvalue weighted by Gasteiger charge is -2.15. The van der Waals surface area contributed by atoms with Crippen LogP contribution in [0.2, 0.25) is 0 Å². The van der Waals surface area contributed by atoms with Crippen molar-refractivity contribution in [2.75, 3.05) is 21.3 Å². The van der Waals surface area contributed by atoms with Crippen molar-refractivity contribution in [3.05, 3.63) is 53.6 Å². The highest BCUT2D eigenvalue weighted by Gasteiger charge is 2.14. The van der Waals surface area contributed by atoms with Crippen molar-refractivity contribution in [2.24, 2.45) is 5.10 Å². The second-order valence-electron chi connectivity index (χ2n) is 4.51. The molecule has 5 nitrogen and oxygen atoms in total. The predicted molar refractivity (Wildman–Crippen MR) is 87.0 cm³/mol. The highest BCUT2D eigenvalue weighted by molar-refractivity contribution is 5.82. The van der Waals surface area contributed by atoms with Crippen LogP contribution in [-0.4, -0.2) is 27.5 Å². The van der Waals surface area contributed by atoms with Gasteiger partial charge in [0.1, 0.15) is 6.61 Å². The van der Waals surface area contributed by atoms with Crippen molar-refractivity contribution >= 4 is 6.21 Å². The van der Waals surface area contributed by atoms with E-state index in [1.54, 1.807) is 27.5 Å². The molecule has 116 valence electrons. The Hall–Kier alpha value is -2.69. The third-order valence-electron chi connectivity index (χ3n) is 3.05. The van der Waals surface area contributed by atoms with Gasteiger partial charge in [0, 0.05) is 12.6 Å². The quantitative estimate of drug-likeness (QED) is 0.631. The molecule has 22 heavy (non-hydrogen) atoms. The number of hydrogen-bond acceptors (Lipinski definition) is 5. The van der Waals surface area contributed by atoms with E-state index in [0.29, 0.717) is 23.9 Å². The van der Waals surface area contributed by atoms with Gasteiger partial charge in [0.05, 0.1) is 20.4 Å². The van der Waals surface area contributed by atoms with Gasteiger partial charge in [-0.1, -0.05) is 30.3 Å². The van der Waals surface area contributed by atoms with E-state index in [0.717, 1.165) is 11.1 Å². The van der Waals surface area contributed by atoms with Crippen LogP contribution in [0.4, 0.5) is 0 Å². The van der Waals surface area contributed by atoms with Crippen LogP contribution < -0.4 is 19.6 Å². The lowest BCUT2D eigenvalue weighted by molar-refractivity contribution is 0.266. The molecule has 0 aromatic heterocycles. The van der Waals surface area contributed by atoms with Crippen LogP contribution in [0.1, 0.15) is 11.1 Å². The fraction of sp³-hybridized carbons (Fsp3) is 0.235. The molecule has 0 aliphatic carbocycles. The largest absolute Gasteiger partial charge is 0.493 e. The zero-order valence-corrected chi connectivity index (χ0v) is 13.0. The highest BCUT2D eigenvalue weighted by Crippen LogP contribution is 2.38. The Bertz CT molecular complexity index is 602. The average Bonchev–Trinajstić information content (AvgIpc) is 2.58. The summed E-state index contributed by atoms with van der Waals surface area (Å²) < 4.78 is 16.7. The van der Waals surface area contributed by atoms with E-state index < -0.39 is 0 Å². The molecule has 5 heteroatoms. The molecule has 0 aliphatic rings. The van der Waals surface area contributed by atoms with Gasteiger partial charge in [-0.05, 0) is 17.7 Å². The summed E-state index contributed by atoms with van der Waals surface area (Å²) in [6.45, 7) is 0.442. The van der Waals surface area contributed by atoms with Crippen molar-refractivity contribution in [2.45, 2.75) is 6.61 Å². The van der Waals surface area contributed by atoms with Crippen molar-refractivity contribution in [3.63, 3.8) is 0 Å². The first-order valence-electron chi connectivity index (χ1n) is 6.91. The minimum absolute atomic E-state index is 0.442. The molecule has 2 rings (SSSR count). The van der Waals surface area contributed by atoms with E-state index >= 15 is 0 Å². The lowest BCUT2D eigenvalue weighted by Crippen LogP contribution is -2.02. The normalized spacial score (nSPS) is 10.5. The Morgan fingerprint density at radius 3 is 2.23 bits per heavy atom. The van der Waals surface area contributed by atoms with Gasteiger partial charge in [0.25, 0.3) is 0 Å². The summed E-state index contributed by atoms with van der Waals surface area (Å²) in [5, 5.41) is 3.99. The molecule has 1 N–H and O–H groups in total. The zero-order valence-electron chi connectivity index (χ0n) is 13.0. The van der Waals surface area contributed by atoms with Crippen molar-refractivity contribution in [1.29, 1.82) is 0 Å². The van der Waals surface area contributed by atoms with Gasteiger partial charge in [-0.15, -0.1) is 0 Å². The van der Waals surface area contributed by atoms with Gasteiger partial charge >= 0.3 is 0 Å². The first-order chi connectivity index (χ1) is 10.8. The van der Waals surface area contributed by atoms with Crippen molar-refractivity contribution in [1.82, 2.24) is 5.43 Å². The molecule has 0 heterocycles. The number of rotatable bonds is 7. The second kappa shape index (κ2) is 7.93. The summed E-state index contributed by atoms with van der Waals surface area (Å²) in [6.07, 6.45) is 1.69. The molecular formula is C17H20N2O3. The fourth-order valence-corrected chi connectivity index (χ4v) is 1.99. The minimum Gasteiger partial charge on any atom is -0.493 e. The van der Waals surface area contributed by atoms with E-state index in [1.807, 2.05) is 42.5 Å². The highest BCUT2D eigenvalue weighted by atomic mass is 16.5. The maximum Gasteiger partial charge on any atom is 0.203 e. The number of benzene rings is 2. The molecule has 2 aromatic rings. The van der Waals surface area contributed by atoms with E-state index in [4.69, 9.17) is 14.2 Å². The number of hydrazone groups is 1. The summed E-state index contributed by atoms with van der Waals surface area (Å²) in [4.78, 5) is 0. The number of nitrogens with one attached hydrogen (secondary N) is 1. The van der Waals surface area contributed by atoms with Crippen LogP contribution in [0.5, 0.6) is 17.2 Å². The first-order valence-corrected chi connectivity index (χ1v) is 6.91. The zero-order chi connectivity index (χ0) is 15.8. The van der Waals surface area contributed by atoms with Gasteiger partial charge in [-0.25, -0.2) is 0 Å². The molecule has 0 bridgehead atoms. The molecule has 0 saturated heterocycles. The second-order valence-corrected chi connectivity index (χ2v) is 4.51. The third-order valence-corrected chi connectivity index (χ3v) is 3.05. The molecule has 2 aromatic carbocycles. The molecule has 0 fully saturated rings. The van der Waals surface area contributed by atoms with Crippen LogP contribution in [0.15, 0.2) is 47.6 Å². The Labute approximate surface area is 130 Å². The molecular weight excluding hydrogens is 280 g/mol. The van der Waals surface area contributed by atoms with E-state index in [2.05, 4.69) is 10.5 Å². The van der Waals surface area contributed by atoms with Crippen LogP contribution in [0.25, 0.3) is 0 Å². The summed E-state index contributed by atoms with van der Waals surface area (Å²) in [5.74, 6) is 1.79. The van der Waals surface area contributed by atoms with E-state index in [-0.39, 0.29) is 0 Å². The number of nitrogens with zero attached hydrogens (tertiary/aromatic N) is 1. The topological polar surface area (TPSA) is 52.1 Å². The van der Waals surface area contributed by atoms with Gasteiger partial charge < -0.3 is 19.6 Å². The van der Waals surface area contributed by atoms with Gasteiger partial charge in [-0.2, -0.15) is 5.10 Å². The predicted octanol–water partition coefficient (Wildman–Crippen LogP) is 2.84. The summed E-state index contributed by atoms with van der Waals surface area (Å²) in [6, 6.07) is 13.6. The monoisotopic (exact) mass is 300 g/mol. The minimum atomic E-state index is 0.442. The average molecular weight is 300 g/mol. The summed E-state index contributed by atoms with van der Waals surface area (Å²) >= 11 is 0. The van der Waals surface area contributed by atoms with Crippen LogP contribution >= 0.6 is 0 Å². The molecule has 0 atom stereocenters. The standard InChI is InChI=1S/C17H20N2O3/c1-18-19-11-14-9-15(20-2)17(16(10-14)21-3)22-12-13-7-5-4-6-8-13/h4-11,18H,12H2,1-3H3/b19-11+. The fourth-order valence-electron chi connectivity index (χ4n) is 1.99. The Kier molecular flexibility index (Phi) is 5.65. The third kappa shape index (κ3) is 3.91. The van der Waals surface area contributed by atoms with E-state index in [1.165, 1.54) is 0 Å². The molecule has 0 saturated carbocycles. The smallest absolute Gasteiger partial charge is 0.203 e. The maximum absolute atomic E-state index is 5.89. The van der Waals surface area contributed by atoms with Crippen molar-refractivity contribution in [3.8, 4) is 17.2 Å². The van der Waals surface area contributed by atoms with Crippen LogP contribution in [0.3, 0.4) is 0 Å². The molecule has 0 spiro atoms. The summed E-state index contributed by atoms with van der Waals surface area (Å²) in [7, 11) is 4.94. The van der Waals surface area contributed by atoms with Gasteiger partial charge in [0.15, 0.2) is 11.5 Å². The van der Waals surface area contributed by atoms with Crippen LogP contribution in [0, 0.1) is 0 Å². The number of hydrogen-bond donors (Lipinski definition) is 1. The van der Waals surface area contributed by atoms with Crippen LogP contribution in [-0.2, 0) is 6.61 Å². The molecule has 0 aliphatic heterocycles. The molecule has 0 unspecified atom stereocenters. The van der Waals surface area contributed by atoms with Gasteiger partial charge in [0.2, 0.25) is 5.75 Å².